The Hall–Kier alpha value is -1.55. The van der Waals surface area contributed by atoms with Crippen molar-refractivity contribution in [2.75, 3.05) is 7.11 Å². The predicted molar refractivity (Wildman–Crippen MR) is 61.1 cm³/mol. The maximum atomic E-state index is 11.4. The van der Waals surface area contributed by atoms with Crippen LogP contribution in [0.1, 0.15) is 24.4 Å². The number of rotatable bonds is 2. The molecule has 1 aromatic rings. The molecule has 86 valence electrons. The number of hydrogen-bond acceptors (Lipinski definition) is 3. The van der Waals surface area contributed by atoms with E-state index in [9.17, 15) is 4.79 Å². The van der Waals surface area contributed by atoms with E-state index in [1.165, 1.54) is 0 Å². The van der Waals surface area contributed by atoms with Crippen LogP contribution in [0.4, 0.5) is 0 Å². The monoisotopic (exact) mass is 220 g/mol. The smallest absolute Gasteiger partial charge is 0.222 e. The molecular formula is C12H16N2O2. The van der Waals surface area contributed by atoms with Gasteiger partial charge in [0, 0.05) is 12.5 Å². The van der Waals surface area contributed by atoms with Crippen LogP contribution in [-0.2, 0) is 4.79 Å². The molecule has 0 bridgehead atoms. The van der Waals surface area contributed by atoms with Gasteiger partial charge in [-0.2, -0.15) is 0 Å². The summed E-state index contributed by atoms with van der Waals surface area (Å²) in [4.78, 5) is 11.4. The Balaban J connectivity index is 2.13. The first kappa shape index (κ1) is 11.0. The third-order valence-corrected chi connectivity index (χ3v) is 2.84. The lowest BCUT2D eigenvalue weighted by Crippen LogP contribution is -2.42. The van der Waals surface area contributed by atoms with Crippen LogP contribution in [0.3, 0.4) is 0 Å². The van der Waals surface area contributed by atoms with Crippen molar-refractivity contribution in [1.82, 2.24) is 5.32 Å². The molecule has 0 aliphatic carbocycles. The second kappa shape index (κ2) is 4.53. The van der Waals surface area contributed by atoms with E-state index in [-0.39, 0.29) is 18.0 Å². The van der Waals surface area contributed by atoms with Crippen LogP contribution in [0.2, 0.25) is 0 Å². The number of benzene rings is 1. The highest BCUT2D eigenvalue weighted by Crippen LogP contribution is 2.24. The second-order valence-electron chi connectivity index (χ2n) is 4.09. The third kappa shape index (κ3) is 2.33. The molecule has 1 aliphatic rings. The molecule has 2 unspecified atom stereocenters. The molecule has 1 aliphatic heterocycles. The van der Waals surface area contributed by atoms with Crippen molar-refractivity contribution in [3.63, 3.8) is 0 Å². The summed E-state index contributed by atoms with van der Waals surface area (Å²) in [5.41, 5.74) is 6.90. The first-order valence-electron chi connectivity index (χ1n) is 5.38. The molecule has 2 atom stereocenters. The zero-order valence-corrected chi connectivity index (χ0v) is 9.27. The van der Waals surface area contributed by atoms with Crippen molar-refractivity contribution < 1.29 is 9.53 Å². The number of methoxy groups -OCH3 is 1. The molecular weight excluding hydrogens is 204 g/mol. The van der Waals surface area contributed by atoms with Gasteiger partial charge in [-0.25, -0.2) is 0 Å². The number of hydrogen-bond donors (Lipinski definition) is 2. The van der Waals surface area contributed by atoms with Crippen molar-refractivity contribution in [1.29, 1.82) is 0 Å². The summed E-state index contributed by atoms with van der Waals surface area (Å²) in [7, 11) is 1.63. The SMILES string of the molecule is COc1ccc(C2CC(N)CC(=O)N2)cc1. The summed E-state index contributed by atoms with van der Waals surface area (Å²) < 4.78 is 5.09. The number of amides is 1. The van der Waals surface area contributed by atoms with Crippen LogP contribution in [0.5, 0.6) is 5.75 Å². The van der Waals surface area contributed by atoms with Gasteiger partial charge in [-0.1, -0.05) is 12.1 Å². The van der Waals surface area contributed by atoms with E-state index in [2.05, 4.69) is 5.32 Å². The fourth-order valence-corrected chi connectivity index (χ4v) is 1.99. The average Bonchev–Trinajstić information content (AvgIpc) is 2.28. The van der Waals surface area contributed by atoms with E-state index in [0.717, 1.165) is 17.7 Å². The first-order valence-corrected chi connectivity index (χ1v) is 5.38. The molecule has 0 radical (unpaired) electrons. The normalized spacial score (nSPS) is 25.0. The number of nitrogens with two attached hydrogens (primary N) is 1. The lowest BCUT2D eigenvalue weighted by Gasteiger charge is -2.28. The number of nitrogens with one attached hydrogen (secondary N) is 1. The predicted octanol–water partition coefficient (Wildman–Crippen LogP) is 0.974. The topological polar surface area (TPSA) is 64.3 Å². The summed E-state index contributed by atoms with van der Waals surface area (Å²) in [6.07, 6.45) is 1.21. The molecule has 4 heteroatoms. The summed E-state index contributed by atoms with van der Waals surface area (Å²) in [6.45, 7) is 0. The maximum Gasteiger partial charge on any atom is 0.222 e. The van der Waals surface area contributed by atoms with Gasteiger partial charge in [0.2, 0.25) is 5.91 Å². The second-order valence-corrected chi connectivity index (χ2v) is 4.09. The van der Waals surface area contributed by atoms with Gasteiger partial charge in [-0.3, -0.25) is 4.79 Å². The van der Waals surface area contributed by atoms with E-state index >= 15 is 0 Å². The molecule has 3 N–H and O–H groups in total. The van der Waals surface area contributed by atoms with Gasteiger partial charge in [-0.05, 0) is 24.1 Å². The number of piperidine rings is 1. The minimum Gasteiger partial charge on any atom is -0.497 e. The highest BCUT2D eigenvalue weighted by molar-refractivity contribution is 5.78. The van der Waals surface area contributed by atoms with Crippen LogP contribution in [-0.4, -0.2) is 19.1 Å². The van der Waals surface area contributed by atoms with E-state index < -0.39 is 0 Å². The molecule has 1 fully saturated rings. The highest BCUT2D eigenvalue weighted by atomic mass is 16.5. The van der Waals surface area contributed by atoms with Crippen molar-refractivity contribution in [3.05, 3.63) is 29.8 Å². The Morgan fingerprint density at radius 2 is 2.06 bits per heavy atom. The third-order valence-electron chi connectivity index (χ3n) is 2.84. The molecule has 1 saturated heterocycles. The Morgan fingerprint density at radius 3 is 2.62 bits per heavy atom. The zero-order valence-electron chi connectivity index (χ0n) is 9.27. The quantitative estimate of drug-likeness (QED) is 0.780. The minimum atomic E-state index is -0.0409. The fraction of sp³-hybridized carbons (Fsp3) is 0.417. The van der Waals surface area contributed by atoms with Gasteiger partial charge in [0.15, 0.2) is 0 Å². The van der Waals surface area contributed by atoms with Gasteiger partial charge in [0.05, 0.1) is 13.2 Å². The maximum absolute atomic E-state index is 11.4. The number of carbonyl (C=O) groups is 1. The van der Waals surface area contributed by atoms with Gasteiger partial charge >= 0.3 is 0 Å². The number of ether oxygens (including phenoxy) is 1. The Labute approximate surface area is 94.8 Å². The van der Waals surface area contributed by atoms with Crippen molar-refractivity contribution in [3.8, 4) is 5.75 Å². The summed E-state index contributed by atoms with van der Waals surface area (Å²) in [5, 5.41) is 2.94. The average molecular weight is 220 g/mol. The zero-order chi connectivity index (χ0) is 11.5. The highest BCUT2D eigenvalue weighted by Gasteiger charge is 2.24. The number of carbonyl (C=O) groups excluding carboxylic acids is 1. The van der Waals surface area contributed by atoms with Crippen molar-refractivity contribution in [2.45, 2.75) is 24.9 Å². The van der Waals surface area contributed by atoms with E-state index in [1.807, 2.05) is 24.3 Å². The molecule has 1 heterocycles. The Morgan fingerprint density at radius 1 is 1.38 bits per heavy atom. The van der Waals surface area contributed by atoms with Gasteiger partial charge in [0.1, 0.15) is 5.75 Å². The van der Waals surface area contributed by atoms with E-state index in [4.69, 9.17) is 10.5 Å². The molecule has 2 rings (SSSR count). The molecule has 0 aromatic heterocycles. The minimum absolute atomic E-state index is 0.0274. The largest absolute Gasteiger partial charge is 0.497 e. The van der Waals surface area contributed by atoms with Crippen molar-refractivity contribution >= 4 is 5.91 Å². The summed E-state index contributed by atoms with van der Waals surface area (Å²) in [5.74, 6) is 0.842. The first-order chi connectivity index (χ1) is 7.69. The molecule has 4 nitrogen and oxygen atoms in total. The molecule has 16 heavy (non-hydrogen) atoms. The van der Waals surface area contributed by atoms with E-state index in [1.54, 1.807) is 7.11 Å². The molecule has 1 aromatic carbocycles. The van der Waals surface area contributed by atoms with Gasteiger partial charge in [0.25, 0.3) is 0 Å². The standard InChI is InChI=1S/C12H16N2O2/c1-16-10-4-2-8(3-5-10)11-6-9(13)7-12(15)14-11/h2-5,9,11H,6-7,13H2,1H3,(H,14,15). The molecule has 1 amide bonds. The molecule has 0 saturated carbocycles. The van der Waals surface area contributed by atoms with Crippen LogP contribution in [0, 0.1) is 0 Å². The fourth-order valence-electron chi connectivity index (χ4n) is 1.99. The summed E-state index contributed by atoms with van der Waals surface area (Å²) >= 11 is 0. The lowest BCUT2D eigenvalue weighted by atomic mass is 9.94. The summed E-state index contributed by atoms with van der Waals surface area (Å²) in [6, 6.07) is 7.69. The van der Waals surface area contributed by atoms with Crippen LogP contribution < -0.4 is 15.8 Å². The van der Waals surface area contributed by atoms with Crippen LogP contribution in [0.15, 0.2) is 24.3 Å². The van der Waals surface area contributed by atoms with Gasteiger partial charge < -0.3 is 15.8 Å². The van der Waals surface area contributed by atoms with Crippen molar-refractivity contribution in [2.24, 2.45) is 5.73 Å². The molecule has 0 spiro atoms. The van der Waals surface area contributed by atoms with Crippen LogP contribution in [0.25, 0.3) is 0 Å². The lowest BCUT2D eigenvalue weighted by molar-refractivity contribution is -0.123. The van der Waals surface area contributed by atoms with Gasteiger partial charge in [-0.15, -0.1) is 0 Å². The van der Waals surface area contributed by atoms with Crippen LogP contribution >= 0.6 is 0 Å². The van der Waals surface area contributed by atoms with E-state index in [0.29, 0.717) is 6.42 Å². The Kier molecular flexibility index (Phi) is 3.10. The Bertz CT molecular complexity index is 375.